The first-order chi connectivity index (χ1) is 28.3. The molecule has 8 aromatic carbocycles. The van der Waals surface area contributed by atoms with E-state index < -0.39 is 0 Å². The van der Waals surface area contributed by atoms with Crippen molar-refractivity contribution in [1.29, 1.82) is 0 Å². The van der Waals surface area contributed by atoms with Crippen LogP contribution >= 0.6 is 11.3 Å². The summed E-state index contributed by atoms with van der Waals surface area (Å²) in [6.45, 7) is 0. The molecule has 0 amide bonds. The molecule has 1 aliphatic carbocycles. The molecular formula is C54H36N2S. The van der Waals surface area contributed by atoms with E-state index in [1.165, 1.54) is 98.0 Å². The fourth-order valence-corrected chi connectivity index (χ4v) is 10.9. The second-order valence-corrected chi connectivity index (χ2v) is 16.3. The Balaban J connectivity index is 1.10. The smallest absolute Gasteiger partial charge is 0.0701 e. The largest absolute Gasteiger partial charge is 0.333 e. The highest BCUT2D eigenvalue weighted by atomic mass is 32.1. The van der Waals surface area contributed by atoms with Gasteiger partial charge in [0, 0.05) is 59.5 Å². The highest BCUT2D eigenvalue weighted by molar-refractivity contribution is 7.26. The van der Waals surface area contributed by atoms with Gasteiger partial charge in [-0.15, -0.1) is 11.3 Å². The maximum Gasteiger partial charge on any atom is 0.0701 e. The van der Waals surface area contributed by atoms with Gasteiger partial charge in [-0.1, -0.05) is 152 Å². The molecular weight excluding hydrogens is 709 g/mol. The minimum absolute atomic E-state index is 0.125. The Kier molecular flexibility index (Phi) is 7.26. The van der Waals surface area contributed by atoms with Crippen molar-refractivity contribution in [3.8, 4) is 27.9 Å². The fraction of sp³-hybridized carbons (Fsp3) is 0.0370. The van der Waals surface area contributed by atoms with Crippen LogP contribution in [-0.2, 0) is 0 Å². The SMILES string of the molecule is C1=CC2c3ccccc3N(c3ccccc3)C2C(c2cccc3c2c2ccccc2n3-c2cc(-c3cccc(-c4ccccc4)c3)c3sc4ccccc4c3c2)=C1. The molecule has 2 aliphatic rings. The highest BCUT2D eigenvalue weighted by Crippen LogP contribution is 2.53. The Morgan fingerprint density at radius 1 is 0.474 bits per heavy atom. The van der Waals surface area contributed by atoms with Crippen LogP contribution in [0.15, 0.2) is 206 Å². The Morgan fingerprint density at radius 2 is 1.18 bits per heavy atom. The van der Waals surface area contributed by atoms with E-state index in [0.29, 0.717) is 0 Å². The summed E-state index contributed by atoms with van der Waals surface area (Å²) in [5.74, 6) is 0.244. The van der Waals surface area contributed by atoms with Gasteiger partial charge in [-0.25, -0.2) is 0 Å². The monoisotopic (exact) mass is 744 g/mol. The third-order valence-corrected chi connectivity index (χ3v) is 13.4. The number of aromatic nitrogens is 1. The van der Waals surface area contributed by atoms with Crippen LogP contribution in [0.25, 0.3) is 75.5 Å². The molecule has 0 fully saturated rings. The lowest BCUT2D eigenvalue weighted by Crippen LogP contribution is -2.32. The normalized spacial score (nSPS) is 16.1. The van der Waals surface area contributed by atoms with Crippen LogP contribution in [0.5, 0.6) is 0 Å². The lowest BCUT2D eigenvalue weighted by Gasteiger charge is -2.34. The van der Waals surface area contributed by atoms with E-state index in [9.17, 15) is 0 Å². The average molecular weight is 745 g/mol. The highest BCUT2D eigenvalue weighted by Gasteiger charge is 2.41. The molecule has 0 saturated heterocycles. The number of thiophene rings is 1. The van der Waals surface area contributed by atoms with Crippen molar-refractivity contribution in [2.24, 2.45) is 0 Å². The molecule has 268 valence electrons. The minimum atomic E-state index is 0.125. The second-order valence-electron chi connectivity index (χ2n) is 15.2. The molecule has 0 radical (unpaired) electrons. The van der Waals surface area contributed by atoms with Gasteiger partial charge in [-0.3, -0.25) is 0 Å². The van der Waals surface area contributed by atoms with Gasteiger partial charge >= 0.3 is 0 Å². The summed E-state index contributed by atoms with van der Waals surface area (Å²) < 4.78 is 5.14. The number of fused-ring (bicyclic) bond motifs is 9. The number of para-hydroxylation sites is 3. The van der Waals surface area contributed by atoms with Crippen LogP contribution in [0.4, 0.5) is 11.4 Å². The van der Waals surface area contributed by atoms with E-state index in [0.717, 1.165) is 0 Å². The molecule has 0 bridgehead atoms. The summed E-state index contributed by atoms with van der Waals surface area (Å²) in [6, 6.07) is 69.4. The maximum absolute atomic E-state index is 2.57. The molecule has 3 heterocycles. The third kappa shape index (κ3) is 4.96. The third-order valence-electron chi connectivity index (χ3n) is 12.1. The predicted molar refractivity (Wildman–Crippen MR) is 243 cm³/mol. The van der Waals surface area contributed by atoms with Crippen molar-refractivity contribution in [1.82, 2.24) is 4.57 Å². The van der Waals surface area contributed by atoms with Crippen molar-refractivity contribution in [3.05, 3.63) is 217 Å². The first kappa shape index (κ1) is 32.3. The van der Waals surface area contributed by atoms with Gasteiger partial charge in [-0.2, -0.15) is 0 Å². The van der Waals surface area contributed by atoms with E-state index in [2.05, 4.69) is 216 Å². The van der Waals surface area contributed by atoms with E-state index in [-0.39, 0.29) is 12.0 Å². The molecule has 10 aromatic rings. The molecule has 2 unspecified atom stereocenters. The van der Waals surface area contributed by atoms with Gasteiger partial charge in [-0.05, 0) is 88.0 Å². The van der Waals surface area contributed by atoms with Gasteiger partial charge < -0.3 is 9.47 Å². The van der Waals surface area contributed by atoms with Crippen molar-refractivity contribution in [2.75, 3.05) is 4.90 Å². The van der Waals surface area contributed by atoms with Crippen molar-refractivity contribution in [2.45, 2.75) is 12.0 Å². The zero-order valence-electron chi connectivity index (χ0n) is 31.1. The van der Waals surface area contributed by atoms with Gasteiger partial charge in [0.1, 0.15) is 0 Å². The van der Waals surface area contributed by atoms with Crippen molar-refractivity contribution >= 4 is 70.3 Å². The molecule has 0 N–H and O–H groups in total. The van der Waals surface area contributed by atoms with Crippen LogP contribution in [0, 0.1) is 0 Å². The topological polar surface area (TPSA) is 8.17 Å². The fourth-order valence-electron chi connectivity index (χ4n) is 9.72. The zero-order chi connectivity index (χ0) is 37.5. The molecule has 57 heavy (non-hydrogen) atoms. The Bertz CT molecular complexity index is 3260. The summed E-state index contributed by atoms with van der Waals surface area (Å²) in [5.41, 5.74) is 15.0. The van der Waals surface area contributed by atoms with E-state index in [1.54, 1.807) is 0 Å². The molecule has 1 aliphatic heterocycles. The zero-order valence-corrected chi connectivity index (χ0v) is 31.9. The first-order valence-electron chi connectivity index (χ1n) is 19.8. The summed E-state index contributed by atoms with van der Waals surface area (Å²) >= 11 is 1.89. The van der Waals surface area contributed by atoms with Crippen LogP contribution in [0.3, 0.4) is 0 Å². The summed E-state index contributed by atoms with van der Waals surface area (Å²) in [7, 11) is 0. The van der Waals surface area contributed by atoms with Gasteiger partial charge in [0.2, 0.25) is 0 Å². The number of nitrogens with zero attached hydrogens (tertiary/aromatic N) is 2. The first-order valence-corrected chi connectivity index (χ1v) is 20.6. The van der Waals surface area contributed by atoms with E-state index >= 15 is 0 Å². The van der Waals surface area contributed by atoms with Crippen LogP contribution in [0.1, 0.15) is 17.0 Å². The minimum Gasteiger partial charge on any atom is -0.333 e. The number of hydrogen-bond acceptors (Lipinski definition) is 2. The van der Waals surface area contributed by atoms with Gasteiger partial charge in [0.25, 0.3) is 0 Å². The lowest BCUT2D eigenvalue weighted by atomic mass is 9.82. The number of rotatable bonds is 5. The molecule has 0 spiro atoms. The molecule has 2 nitrogen and oxygen atoms in total. The number of anilines is 2. The summed E-state index contributed by atoms with van der Waals surface area (Å²) in [6.07, 6.45) is 7.05. The standard InChI is InChI=1S/C54H36N2S/c1-3-16-35(17-4-1)36-18-13-19-37(32-36)46-33-39(34-47-41-23-9-12-31-51(41)57-54(46)47)55-49-29-11-8-24-45(49)52-42(25-15-30-50(52)55)44-27-14-26-43-40-22-7-10-28-48(40)56(53(43)44)38-20-5-2-6-21-38/h1-34,43,53H. The van der Waals surface area contributed by atoms with E-state index in [1.807, 2.05) is 11.3 Å². The molecule has 2 atom stereocenters. The second kappa shape index (κ2) is 12.8. The van der Waals surface area contributed by atoms with Gasteiger partial charge in [0.05, 0.1) is 17.1 Å². The maximum atomic E-state index is 2.57. The molecule has 3 heteroatoms. The van der Waals surface area contributed by atoms with Crippen LogP contribution in [0.2, 0.25) is 0 Å². The van der Waals surface area contributed by atoms with Crippen LogP contribution < -0.4 is 4.90 Å². The van der Waals surface area contributed by atoms with Crippen LogP contribution in [-0.4, -0.2) is 10.6 Å². The quantitative estimate of drug-likeness (QED) is 0.170. The Hall–Kier alpha value is -6.94. The predicted octanol–water partition coefficient (Wildman–Crippen LogP) is 14.7. The van der Waals surface area contributed by atoms with Gasteiger partial charge in [0.15, 0.2) is 0 Å². The number of benzene rings is 8. The Labute approximate surface area is 335 Å². The molecule has 0 saturated carbocycles. The lowest BCUT2D eigenvalue weighted by molar-refractivity contribution is 0.762. The summed E-state index contributed by atoms with van der Waals surface area (Å²) in [4.78, 5) is 2.57. The molecule has 12 rings (SSSR count). The molecule has 2 aromatic heterocycles. The average Bonchev–Trinajstić information content (AvgIpc) is 3.95. The van der Waals surface area contributed by atoms with Crippen molar-refractivity contribution in [3.63, 3.8) is 0 Å². The Morgan fingerprint density at radius 3 is 2.07 bits per heavy atom. The number of allylic oxidation sites excluding steroid dienone is 2. The van der Waals surface area contributed by atoms with Crippen molar-refractivity contribution < 1.29 is 0 Å². The summed E-state index contributed by atoms with van der Waals surface area (Å²) in [5, 5.41) is 5.15. The number of hydrogen-bond donors (Lipinski definition) is 0. The van der Waals surface area contributed by atoms with E-state index in [4.69, 9.17) is 0 Å².